The van der Waals surface area contributed by atoms with Gasteiger partial charge in [0.25, 0.3) is 5.91 Å². The van der Waals surface area contributed by atoms with Crippen LogP contribution in [-0.4, -0.2) is 74.1 Å². The number of fused-ring (bicyclic) bond motifs is 5. The normalized spacial score (nSPS) is 14.8. The molecule has 6 rings (SSSR count). The van der Waals surface area contributed by atoms with Crippen LogP contribution in [0, 0.1) is 0 Å². The highest BCUT2D eigenvalue weighted by Gasteiger charge is 2.24. The van der Waals surface area contributed by atoms with Crippen molar-refractivity contribution in [2.45, 2.75) is 6.61 Å². The van der Waals surface area contributed by atoms with E-state index >= 15 is 0 Å². The van der Waals surface area contributed by atoms with Gasteiger partial charge in [0, 0.05) is 74.0 Å². The van der Waals surface area contributed by atoms with Gasteiger partial charge in [-0.1, -0.05) is 18.2 Å². The number of nitrogens with one attached hydrogen (secondary N) is 3. The number of aromatic amines is 1. The minimum atomic E-state index is -0.0634. The van der Waals surface area contributed by atoms with Crippen LogP contribution in [0.5, 0.6) is 5.75 Å². The van der Waals surface area contributed by atoms with Crippen LogP contribution in [0.1, 0.15) is 15.9 Å². The standard InChI is InChI=1S/C29H32N6O2/c1-34(2)12-11-31-29(36)20-5-3-19(4-6-20)24-16-32-28-26(24)27-25(17-33-28)23-8-7-22(15-21(23)18-37-27)35-13-9-30-10-14-35/h3-8,15-17,30H,9-14,18H2,1-2H3,(H,31,36)(H,32,33). The number of likely N-dealkylation sites (N-methyl/N-ethyl adjacent to an activating group) is 1. The van der Waals surface area contributed by atoms with Crippen molar-refractivity contribution in [2.75, 3.05) is 58.3 Å². The number of nitrogens with zero attached hydrogens (tertiary/aromatic N) is 3. The molecule has 0 spiro atoms. The number of aromatic nitrogens is 2. The maximum Gasteiger partial charge on any atom is 0.251 e. The third-order valence-electron chi connectivity index (χ3n) is 7.19. The maximum atomic E-state index is 12.5. The molecule has 2 aliphatic rings. The summed E-state index contributed by atoms with van der Waals surface area (Å²) in [5.41, 5.74) is 8.08. The lowest BCUT2D eigenvalue weighted by Gasteiger charge is -2.31. The molecule has 8 nitrogen and oxygen atoms in total. The molecule has 2 aromatic carbocycles. The van der Waals surface area contributed by atoms with Crippen molar-refractivity contribution in [2.24, 2.45) is 0 Å². The predicted octanol–water partition coefficient (Wildman–Crippen LogP) is 3.49. The highest BCUT2D eigenvalue weighted by molar-refractivity contribution is 6.03. The number of pyridine rings is 1. The molecule has 0 bridgehead atoms. The molecule has 2 aliphatic heterocycles. The van der Waals surface area contributed by atoms with Crippen molar-refractivity contribution in [3.05, 3.63) is 66.0 Å². The molecule has 4 aromatic rings. The van der Waals surface area contributed by atoms with Gasteiger partial charge in [-0.3, -0.25) is 4.79 Å². The summed E-state index contributed by atoms with van der Waals surface area (Å²) >= 11 is 0. The van der Waals surface area contributed by atoms with Gasteiger partial charge in [0.2, 0.25) is 0 Å². The van der Waals surface area contributed by atoms with Crippen LogP contribution in [0.15, 0.2) is 54.9 Å². The van der Waals surface area contributed by atoms with Gasteiger partial charge in [0.05, 0.1) is 5.39 Å². The Balaban J connectivity index is 1.30. The molecular formula is C29H32N6O2. The predicted molar refractivity (Wildman–Crippen MR) is 147 cm³/mol. The third-order valence-corrected chi connectivity index (χ3v) is 7.19. The van der Waals surface area contributed by atoms with Crippen LogP contribution >= 0.6 is 0 Å². The van der Waals surface area contributed by atoms with Gasteiger partial charge >= 0.3 is 0 Å². The summed E-state index contributed by atoms with van der Waals surface area (Å²) in [6.45, 7) is 6.00. The average Bonchev–Trinajstić information content (AvgIpc) is 3.37. The van der Waals surface area contributed by atoms with E-state index in [0.29, 0.717) is 18.7 Å². The Morgan fingerprint density at radius 1 is 1.08 bits per heavy atom. The van der Waals surface area contributed by atoms with Gasteiger partial charge in [0.1, 0.15) is 18.0 Å². The molecule has 0 unspecified atom stereocenters. The van der Waals surface area contributed by atoms with E-state index in [1.807, 2.05) is 55.7 Å². The third kappa shape index (κ3) is 4.54. The largest absolute Gasteiger partial charge is 0.487 e. The Kier molecular flexibility index (Phi) is 6.28. The van der Waals surface area contributed by atoms with Crippen LogP contribution in [0.4, 0.5) is 5.69 Å². The van der Waals surface area contributed by atoms with Crippen molar-refractivity contribution in [3.63, 3.8) is 0 Å². The van der Waals surface area contributed by atoms with Crippen molar-refractivity contribution < 1.29 is 9.53 Å². The van der Waals surface area contributed by atoms with Gasteiger partial charge in [-0.25, -0.2) is 4.98 Å². The van der Waals surface area contributed by atoms with E-state index in [-0.39, 0.29) is 5.91 Å². The number of carbonyl (C=O) groups is 1. The monoisotopic (exact) mass is 496 g/mol. The van der Waals surface area contributed by atoms with Crippen molar-refractivity contribution in [1.82, 2.24) is 25.5 Å². The summed E-state index contributed by atoms with van der Waals surface area (Å²) in [4.78, 5) is 25.0. The number of piperazine rings is 1. The fraction of sp³-hybridized carbons (Fsp3) is 0.310. The number of hydrogen-bond acceptors (Lipinski definition) is 6. The molecule has 2 aromatic heterocycles. The molecule has 3 N–H and O–H groups in total. The zero-order chi connectivity index (χ0) is 25.4. The molecule has 8 heteroatoms. The molecule has 4 heterocycles. The molecule has 37 heavy (non-hydrogen) atoms. The Morgan fingerprint density at radius 3 is 2.68 bits per heavy atom. The first-order valence-electron chi connectivity index (χ1n) is 12.8. The second-order valence-electron chi connectivity index (χ2n) is 9.93. The van der Waals surface area contributed by atoms with E-state index in [4.69, 9.17) is 9.72 Å². The summed E-state index contributed by atoms with van der Waals surface area (Å²) in [6.07, 6.45) is 3.87. The highest BCUT2D eigenvalue weighted by Crippen LogP contribution is 2.45. The Bertz CT molecular complexity index is 1440. The molecule has 1 saturated heterocycles. The zero-order valence-electron chi connectivity index (χ0n) is 21.3. The molecular weight excluding hydrogens is 464 g/mol. The number of rotatable bonds is 6. The smallest absolute Gasteiger partial charge is 0.251 e. The minimum Gasteiger partial charge on any atom is -0.487 e. The first kappa shape index (κ1) is 23.5. The number of ether oxygens (including phenoxy) is 1. The quantitative estimate of drug-likeness (QED) is 0.379. The van der Waals surface area contributed by atoms with E-state index in [0.717, 1.165) is 66.2 Å². The molecule has 0 saturated carbocycles. The lowest BCUT2D eigenvalue weighted by molar-refractivity contribution is 0.0951. The molecule has 0 radical (unpaired) electrons. The van der Waals surface area contributed by atoms with Crippen LogP contribution in [0.2, 0.25) is 0 Å². The summed E-state index contributed by atoms with van der Waals surface area (Å²) in [5, 5.41) is 7.35. The van der Waals surface area contributed by atoms with Gasteiger partial charge in [-0.05, 0) is 55.1 Å². The maximum absolute atomic E-state index is 12.5. The molecule has 0 aliphatic carbocycles. The number of carbonyl (C=O) groups excluding carboxylic acids is 1. The van der Waals surface area contributed by atoms with E-state index in [2.05, 4.69) is 38.7 Å². The van der Waals surface area contributed by atoms with E-state index < -0.39 is 0 Å². The summed E-state index contributed by atoms with van der Waals surface area (Å²) in [5.74, 6) is 0.792. The minimum absolute atomic E-state index is 0.0634. The van der Waals surface area contributed by atoms with Crippen molar-refractivity contribution in [1.29, 1.82) is 0 Å². The second-order valence-corrected chi connectivity index (χ2v) is 9.93. The van der Waals surface area contributed by atoms with Crippen LogP contribution in [0.3, 0.4) is 0 Å². The molecule has 1 fully saturated rings. The molecule has 0 atom stereocenters. The van der Waals surface area contributed by atoms with E-state index in [1.54, 1.807) is 0 Å². The molecule has 1 amide bonds. The fourth-order valence-electron chi connectivity index (χ4n) is 5.16. The van der Waals surface area contributed by atoms with E-state index in [1.165, 1.54) is 16.8 Å². The summed E-state index contributed by atoms with van der Waals surface area (Å²) < 4.78 is 6.39. The van der Waals surface area contributed by atoms with Crippen LogP contribution < -0.4 is 20.3 Å². The van der Waals surface area contributed by atoms with E-state index in [9.17, 15) is 4.79 Å². The lowest BCUT2D eigenvalue weighted by atomic mass is 9.95. The second kappa shape index (κ2) is 9.88. The van der Waals surface area contributed by atoms with Crippen molar-refractivity contribution in [3.8, 4) is 28.0 Å². The lowest BCUT2D eigenvalue weighted by Crippen LogP contribution is -2.43. The first-order valence-corrected chi connectivity index (χ1v) is 12.8. The zero-order valence-corrected chi connectivity index (χ0v) is 21.3. The fourth-order valence-corrected chi connectivity index (χ4v) is 5.16. The number of anilines is 1. The number of hydrogen-bond donors (Lipinski definition) is 3. The number of H-pyrrole nitrogens is 1. The van der Waals surface area contributed by atoms with Gasteiger partial charge in [0.15, 0.2) is 0 Å². The van der Waals surface area contributed by atoms with Gasteiger partial charge < -0.3 is 30.2 Å². The van der Waals surface area contributed by atoms with Crippen LogP contribution in [-0.2, 0) is 6.61 Å². The average molecular weight is 497 g/mol. The number of amides is 1. The summed E-state index contributed by atoms with van der Waals surface area (Å²) in [7, 11) is 3.98. The van der Waals surface area contributed by atoms with Gasteiger partial charge in [-0.2, -0.15) is 0 Å². The SMILES string of the molecule is CN(C)CCNC(=O)c1ccc(-c2c[nH]c3ncc4c(c23)OCc2cc(N3CCNCC3)ccc2-4)cc1. The highest BCUT2D eigenvalue weighted by atomic mass is 16.5. The number of benzene rings is 2. The van der Waals surface area contributed by atoms with Crippen molar-refractivity contribution >= 4 is 22.6 Å². The Morgan fingerprint density at radius 2 is 1.89 bits per heavy atom. The topological polar surface area (TPSA) is 85.5 Å². The van der Waals surface area contributed by atoms with Crippen LogP contribution in [0.25, 0.3) is 33.3 Å². The molecule has 190 valence electrons. The Labute approximate surface area is 216 Å². The summed E-state index contributed by atoms with van der Waals surface area (Å²) in [6, 6.07) is 14.4. The van der Waals surface area contributed by atoms with Gasteiger partial charge in [-0.15, -0.1) is 0 Å². The first-order chi connectivity index (χ1) is 18.1. The Hall–Kier alpha value is -3.88.